The molecule has 8 heteroatoms. The quantitative estimate of drug-likeness (QED) is 0.357. The van der Waals surface area contributed by atoms with Crippen LogP contribution in [0.15, 0.2) is 60.7 Å². The minimum atomic E-state index is -0.474. The van der Waals surface area contributed by atoms with Crippen molar-refractivity contribution >= 4 is 46.4 Å². The first kappa shape index (κ1) is 21.4. The van der Waals surface area contributed by atoms with Crippen LogP contribution in [0.5, 0.6) is 0 Å². The van der Waals surface area contributed by atoms with Crippen molar-refractivity contribution in [1.29, 1.82) is 0 Å². The van der Waals surface area contributed by atoms with Gasteiger partial charge in [0.05, 0.1) is 16.4 Å². The van der Waals surface area contributed by atoms with E-state index in [0.717, 1.165) is 11.1 Å². The van der Waals surface area contributed by atoms with Crippen LogP contribution in [0.25, 0.3) is 17.1 Å². The number of aryl methyl sites for hydroxylation is 1. The lowest BCUT2D eigenvalue weighted by Gasteiger charge is -2.10. The van der Waals surface area contributed by atoms with Gasteiger partial charge in [0.15, 0.2) is 5.82 Å². The Balaban J connectivity index is 1.83. The fraction of sp³-hybridized carbons (Fsp3) is 0.0870. The van der Waals surface area contributed by atoms with Crippen LogP contribution in [0.1, 0.15) is 21.7 Å². The number of nitrogens with zero attached hydrogens (tertiary/aromatic N) is 3. The first-order valence-electron chi connectivity index (χ1n) is 9.40. The molecule has 4 rings (SSSR count). The molecular formula is C23H17Cl3N4O. The van der Waals surface area contributed by atoms with Gasteiger partial charge in [0, 0.05) is 15.6 Å². The average molecular weight is 472 g/mol. The summed E-state index contributed by atoms with van der Waals surface area (Å²) in [5, 5.41) is 8.88. The zero-order valence-corrected chi connectivity index (χ0v) is 18.9. The van der Waals surface area contributed by atoms with Gasteiger partial charge in [0.2, 0.25) is 5.82 Å². The van der Waals surface area contributed by atoms with E-state index in [-0.39, 0.29) is 5.82 Å². The van der Waals surface area contributed by atoms with Gasteiger partial charge in [-0.1, -0.05) is 65.1 Å². The second-order valence-electron chi connectivity index (χ2n) is 6.95. The molecule has 1 aromatic heterocycles. The average Bonchev–Trinajstić information content (AvgIpc) is 3.18. The molecule has 4 aromatic rings. The van der Waals surface area contributed by atoms with Crippen LogP contribution >= 0.6 is 34.8 Å². The van der Waals surface area contributed by atoms with Gasteiger partial charge in [0.1, 0.15) is 0 Å². The maximum Gasteiger partial charge on any atom is 0.295 e. The minimum absolute atomic E-state index is 0.00586. The van der Waals surface area contributed by atoms with Crippen LogP contribution in [0.2, 0.25) is 15.1 Å². The standard InChI is InChI=1S/C23H17Cl3N4O/c1-13-6-3-10-18(26)20(13)27-23(31)21-28-22(15-7-4-8-16(24)12-15)30(29-21)19-11-5-9-17(25)14(19)2/h3-12H,1-2H3,(H,27,31). The first-order chi connectivity index (χ1) is 14.8. The Kier molecular flexibility index (Phi) is 6.01. The van der Waals surface area contributed by atoms with Crippen molar-refractivity contribution in [1.82, 2.24) is 14.8 Å². The van der Waals surface area contributed by atoms with E-state index in [1.54, 1.807) is 28.9 Å². The molecule has 0 spiro atoms. The van der Waals surface area contributed by atoms with Gasteiger partial charge in [-0.05, 0) is 55.3 Å². The molecule has 0 aliphatic rings. The maximum atomic E-state index is 13.0. The van der Waals surface area contributed by atoms with Crippen molar-refractivity contribution in [3.8, 4) is 17.1 Å². The van der Waals surface area contributed by atoms with E-state index in [4.69, 9.17) is 34.8 Å². The van der Waals surface area contributed by atoms with Gasteiger partial charge < -0.3 is 5.32 Å². The molecule has 0 unspecified atom stereocenters. The second kappa shape index (κ2) is 8.71. The third kappa shape index (κ3) is 4.30. The summed E-state index contributed by atoms with van der Waals surface area (Å²) in [6.45, 7) is 3.74. The Hall–Kier alpha value is -2.86. The Bertz CT molecular complexity index is 1280. The lowest BCUT2D eigenvalue weighted by Crippen LogP contribution is -2.15. The molecule has 0 fully saturated rings. The maximum absolute atomic E-state index is 13.0. The fourth-order valence-corrected chi connectivity index (χ4v) is 3.80. The lowest BCUT2D eigenvalue weighted by molar-refractivity contribution is 0.101. The third-order valence-electron chi connectivity index (χ3n) is 4.82. The van der Waals surface area contributed by atoms with Crippen LogP contribution in [0, 0.1) is 13.8 Å². The predicted molar refractivity (Wildman–Crippen MR) is 126 cm³/mol. The number of carbonyl (C=O) groups excluding carboxylic acids is 1. The molecule has 0 aliphatic carbocycles. The van der Waals surface area contributed by atoms with Crippen molar-refractivity contribution in [3.05, 3.63) is 92.7 Å². The van der Waals surface area contributed by atoms with Crippen molar-refractivity contribution in [2.24, 2.45) is 0 Å². The number of rotatable bonds is 4. The summed E-state index contributed by atoms with van der Waals surface area (Å²) in [6, 6.07) is 18.1. The van der Waals surface area contributed by atoms with Gasteiger partial charge in [-0.15, -0.1) is 5.10 Å². The Morgan fingerprint density at radius 2 is 1.65 bits per heavy atom. The molecule has 0 bridgehead atoms. The molecule has 0 aliphatic heterocycles. The highest BCUT2D eigenvalue weighted by Crippen LogP contribution is 2.29. The van der Waals surface area contributed by atoms with Crippen LogP contribution in [0.3, 0.4) is 0 Å². The molecule has 1 amide bonds. The van der Waals surface area contributed by atoms with Crippen LogP contribution in [0.4, 0.5) is 5.69 Å². The van der Waals surface area contributed by atoms with Crippen molar-refractivity contribution in [2.75, 3.05) is 5.32 Å². The summed E-state index contributed by atoms with van der Waals surface area (Å²) in [5.41, 5.74) is 3.59. The van der Waals surface area contributed by atoms with E-state index in [2.05, 4.69) is 15.4 Å². The van der Waals surface area contributed by atoms with Gasteiger partial charge in [-0.2, -0.15) is 0 Å². The second-order valence-corrected chi connectivity index (χ2v) is 8.20. The molecule has 156 valence electrons. The Morgan fingerprint density at radius 3 is 2.39 bits per heavy atom. The van der Waals surface area contributed by atoms with Gasteiger partial charge >= 0.3 is 0 Å². The van der Waals surface area contributed by atoms with Gasteiger partial charge in [0.25, 0.3) is 5.91 Å². The monoisotopic (exact) mass is 470 g/mol. The van der Waals surface area contributed by atoms with E-state index >= 15 is 0 Å². The van der Waals surface area contributed by atoms with Gasteiger partial charge in [-0.25, -0.2) is 9.67 Å². The third-order valence-corrected chi connectivity index (χ3v) is 5.78. The number of para-hydroxylation sites is 1. The van der Waals surface area contributed by atoms with Crippen molar-refractivity contribution in [3.63, 3.8) is 0 Å². The van der Waals surface area contributed by atoms with Crippen LogP contribution in [-0.4, -0.2) is 20.7 Å². The highest BCUT2D eigenvalue weighted by atomic mass is 35.5. The van der Waals surface area contributed by atoms with Crippen LogP contribution in [-0.2, 0) is 0 Å². The summed E-state index contributed by atoms with van der Waals surface area (Å²) in [5.74, 6) is -0.0134. The molecule has 5 nitrogen and oxygen atoms in total. The van der Waals surface area contributed by atoms with E-state index in [1.807, 2.05) is 50.2 Å². The number of aromatic nitrogens is 3. The SMILES string of the molecule is Cc1cccc(Cl)c1NC(=O)c1nc(-c2cccc(Cl)c2)n(-c2cccc(Cl)c2C)n1. The molecule has 31 heavy (non-hydrogen) atoms. The molecule has 1 heterocycles. The van der Waals surface area contributed by atoms with E-state index < -0.39 is 5.91 Å². The smallest absolute Gasteiger partial charge is 0.295 e. The van der Waals surface area contributed by atoms with E-state index in [1.165, 1.54) is 0 Å². The van der Waals surface area contributed by atoms with E-state index in [0.29, 0.717) is 37.8 Å². The molecule has 0 atom stereocenters. The summed E-state index contributed by atoms with van der Waals surface area (Å²) in [7, 11) is 0. The summed E-state index contributed by atoms with van der Waals surface area (Å²) in [4.78, 5) is 17.5. The molecule has 0 saturated carbocycles. The number of carbonyl (C=O) groups is 1. The number of halogens is 3. The molecule has 3 aromatic carbocycles. The number of hydrogen-bond acceptors (Lipinski definition) is 3. The summed E-state index contributed by atoms with van der Waals surface area (Å²) < 4.78 is 1.60. The predicted octanol–water partition coefficient (Wildman–Crippen LogP) is 6.76. The summed E-state index contributed by atoms with van der Waals surface area (Å²) in [6.07, 6.45) is 0. The van der Waals surface area contributed by atoms with Crippen LogP contribution < -0.4 is 5.32 Å². The summed E-state index contributed by atoms with van der Waals surface area (Å²) >= 11 is 18.8. The number of nitrogens with one attached hydrogen (secondary N) is 1. The highest BCUT2D eigenvalue weighted by molar-refractivity contribution is 6.34. The first-order valence-corrected chi connectivity index (χ1v) is 10.5. The fourth-order valence-electron chi connectivity index (χ4n) is 3.18. The Morgan fingerprint density at radius 1 is 0.935 bits per heavy atom. The Labute approximate surface area is 194 Å². The van der Waals surface area contributed by atoms with E-state index in [9.17, 15) is 4.79 Å². The zero-order valence-electron chi connectivity index (χ0n) is 16.7. The lowest BCUT2D eigenvalue weighted by atomic mass is 10.1. The number of anilines is 1. The molecular weight excluding hydrogens is 455 g/mol. The molecule has 0 saturated heterocycles. The number of benzene rings is 3. The van der Waals surface area contributed by atoms with Gasteiger partial charge in [-0.3, -0.25) is 4.79 Å². The number of hydrogen-bond donors (Lipinski definition) is 1. The minimum Gasteiger partial charge on any atom is -0.318 e. The zero-order chi connectivity index (χ0) is 22.1. The number of amides is 1. The highest BCUT2D eigenvalue weighted by Gasteiger charge is 2.21. The largest absolute Gasteiger partial charge is 0.318 e. The molecule has 0 radical (unpaired) electrons. The molecule has 1 N–H and O–H groups in total. The van der Waals surface area contributed by atoms with Crippen molar-refractivity contribution in [2.45, 2.75) is 13.8 Å². The topological polar surface area (TPSA) is 59.8 Å². The normalized spacial score (nSPS) is 10.9. The van der Waals surface area contributed by atoms with Crippen molar-refractivity contribution < 1.29 is 4.79 Å².